The fraction of sp³-hybridized carbons (Fsp3) is 0.769. The number of halogens is 1. The van der Waals surface area contributed by atoms with Crippen molar-refractivity contribution in [3.8, 4) is 0 Å². The van der Waals surface area contributed by atoms with E-state index in [0.29, 0.717) is 6.04 Å². The average molecular weight is 256 g/mol. The molecule has 1 saturated heterocycles. The van der Waals surface area contributed by atoms with E-state index in [1.54, 1.807) is 0 Å². The van der Waals surface area contributed by atoms with Crippen LogP contribution in [0.3, 0.4) is 0 Å². The van der Waals surface area contributed by atoms with Crippen LogP contribution in [0.15, 0.2) is 6.07 Å². The smallest absolute Gasteiger partial charge is 0.0597 e. The summed E-state index contributed by atoms with van der Waals surface area (Å²) in [6.45, 7) is 4.20. The van der Waals surface area contributed by atoms with E-state index in [4.69, 9.17) is 11.6 Å². The molecule has 1 aromatic heterocycles. The second kappa shape index (κ2) is 5.87. The maximum atomic E-state index is 6.09. The summed E-state index contributed by atoms with van der Waals surface area (Å²) in [7, 11) is 2.02. The largest absolute Gasteiger partial charge is 0.293 e. The zero-order valence-corrected chi connectivity index (χ0v) is 11.6. The van der Waals surface area contributed by atoms with Gasteiger partial charge in [-0.15, -0.1) is 11.6 Å². The molecule has 0 bridgehead atoms. The van der Waals surface area contributed by atoms with Crippen molar-refractivity contribution in [2.45, 2.75) is 45.2 Å². The maximum absolute atomic E-state index is 6.09. The number of likely N-dealkylation sites (tertiary alicyclic amines) is 1. The summed E-state index contributed by atoms with van der Waals surface area (Å²) in [5.74, 6) is 0.747. The zero-order chi connectivity index (χ0) is 12.3. The van der Waals surface area contributed by atoms with Crippen molar-refractivity contribution in [1.82, 2.24) is 14.7 Å². The number of aryl methyl sites for hydroxylation is 2. The summed E-state index contributed by atoms with van der Waals surface area (Å²) in [6.07, 6.45) is 5.19. The third-order valence-electron chi connectivity index (χ3n) is 3.64. The molecule has 1 atom stereocenters. The van der Waals surface area contributed by atoms with Gasteiger partial charge in [0.05, 0.1) is 11.4 Å². The summed E-state index contributed by atoms with van der Waals surface area (Å²) in [5.41, 5.74) is 2.39. The Balaban J connectivity index is 2.06. The zero-order valence-electron chi connectivity index (χ0n) is 10.8. The van der Waals surface area contributed by atoms with Gasteiger partial charge < -0.3 is 0 Å². The molecule has 0 spiro atoms. The van der Waals surface area contributed by atoms with Gasteiger partial charge in [-0.05, 0) is 32.4 Å². The van der Waals surface area contributed by atoms with Gasteiger partial charge in [-0.1, -0.05) is 12.8 Å². The van der Waals surface area contributed by atoms with Crippen molar-refractivity contribution in [1.29, 1.82) is 0 Å². The Hall–Kier alpha value is -0.540. The molecular weight excluding hydrogens is 234 g/mol. The Morgan fingerprint density at radius 1 is 1.41 bits per heavy atom. The van der Waals surface area contributed by atoms with Gasteiger partial charge in [-0.3, -0.25) is 9.58 Å². The Kier molecular flexibility index (Phi) is 4.46. The molecule has 2 rings (SSSR count). The van der Waals surface area contributed by atoms with Crippen molar-refractivity contribution in [2.75, 3.05) is 12.4 Å². The highest BCUT2D eigenvalue weighted by Gasteiger charge is 2.21. The third kappa shape index (κ3) is 3.23. The van der Waals surface area contributed by atoms with Crippen molar-refractivity contribution in [3.63, 3.8) is 0 Å². The lowest BCUT2D eigenvalue weighted by atomic mass is 10.1. The van der Waals surface area contributed by atoms with Crippen molar-refractivity contribution < 1.29 is 0 Å². The van der Waals surface area contributed by atoms with Crippen molar-refractivity contribution in [2.24, 2.45) is 7.05 Å². The van der Waals surface area contributed by atoms with Crippen LogP contribution in [-0.2, 0) is 13.6 Å². The molecule has 0 radical (unpaired) electrons. The van der Waals surface area contributed by atoms with Crippen LogP contribution in [0.25, 0.3) is 0 Å². The third-order valence-corrected chi connectivity index (χ3v) is 4.00. The standard InChI is InChI=1S/C13H22ClN3/c1-11-8-13(16(2)15-11)10-17-7-5-3-4-6-12(17)9-14/h8,12H,3-7,9-10H2,1-2H3. The van der Waals surface area contributed by atoms with Gasteiger partial charge in [0.2, 0.25) is 0 Å². The number of hydrogen-bond donors (Lipinski definition) is 0. The fourth-order valence-corrected chi connectivity index (χ4v) is 2.99. The Bertz CT molecular complexity index is 362. The minimum absolute atomic E-state index is 0.536. The molecule has 0 aliphatic carbocycles. The van der Waals surface area contributed by atoms with E-state index in [1.807, 2.05) is 18.7 Å². The molecule has 1 aliphatic rings. The lowest BCUT2D eigenvalue weighted by Gasteiger charge is -2.28. The van der Waals surface area contributed by atoms with Crippen LogP contribution in [0.5, 0.6) is 0 Å². The lowest BCUT2D eigenvalue weighted by molar-refractivity contribution is 0.202. The molecule has 0 amide bonds. The van der Waals surface area contributed by atoms with Gasteiger partial charge in [0, 0.05) is 25.5 Å². The van der Waals surface area contributed by atoms with Gasteiger partial charge in [0.15, 0.2) is 0 Å². The summed E-state index contributed by atoms with van der Waals surface area (Å²) >= 11 is 6.09. The van der Waals surface area contributed by atoms with Gasteiger partial charge >= 0.3 is 0 Å². The van der Waals surface area contributed by atoms with Crippen LogP contribution >= 0.6 is 11.6 Å². The summed E-state index contributed by atoms with van der Waals surface area (Å²) in [4.78, 5) is 2.52. The molecule has 1 fully saturated rings. The highest BCUT2D eigenvalue weighted by molar-refractivity contribution is 6.18. The fourth-order valence-electron chi connectivity index (χ4n) is 2.64. The summed E-state index contributed by atoms with van der Waals surface area (Å²) < 4.78 is 1.99. The lowest BCUT2D eigenvalue weighted by Crippen LogP contribution is -2.36. The highest BCUT2D eigenvalue weighted by atomic mass is 35.5. The normalized spacial score (nSPS) is 22.6. The minimum Gasteiger partial charge on any atom is -0.293 e. The van der Waals surface area contributed by atoms with E-state index in [9.17, 15) is 0 Å². The topological polar surface area (TPSA) is 21.1 Å². The van der Waals surface area contributed by atoms with Gasteiger partial charge in [0.1, 0.15) is 0 Å². The van der Waals surface area contributed by atoms with E-state index in [1.165, 1.54) is 37.9 Å². The van der Waals surface area contributed by atoms with E-state index in [2.05, 4.69) is 16.1 Å². The van der Waals surface area contributed by atoms with Crippen LogP contribution in [0.4, 0.5) is 0 Å². The Labute approximate surface area is 109 Å². The number of nitrogens with zero attached hydrogens (tertiary/aromatic N) is 3. The van der Waals surface area contributed by atoms with Crippen molar-refractivity contribution in [3.05, 3.63) is 17.5 Å². The molecule has 96 valence electrons. The number of hydrogen-bond acceptors (Lipinski definition) is 2. The molecule has 1 aromatic rings. The van der Waals surface area contributed by atoms with E-state index >= 15 is 0 Å². The first-order valence-corrected chi connectivity index (χ1v) is 7.03. The second-order valence-corrected chi connectivity index (χ2v) is 5.34. The quantitative estimate of drug-likeness (QED) is 0.775. The first kappa shape index (κ1) is 12.9. The number of rotatable bonds is 3. The Morgan fingerprint density at radius 3 is 2.88 bits per heavy atom. The molecular formula is C13H22ClN3. The molecule has 2 heterocycles. The monoisotopic (exact) mass is 255 g/mol. The number of aromatic nitrogens is 2. The van der Waals surface area contributed by atoms with Crippen LogP contribution in [0.1, 0.15) is 37.1 Å². The molecule has 1 unspecified atom stereocenters. The molecule has 1 aliphatic heterocycles. The summed E-state index contributed by atoms with van der Waals surface area (Å²) in [5, 5.41) is 4.41. The molecule has 17 heavy (non-hydrogen) atoms. The average Bonchev–Trinajstić information content (AvgIpc) is 2.52. The van der Waals surface area contributed by atoms with Crippen LogP contribution in [-0.4, -0.2) is 33.1 Å². The van der Waals surface area contributed by atoms with E-state index in [-0.39, 0.29) is 0 Å². The number of alkyl halides is 1. The maximum Gasteiger partial charge on any atom is 0.0597 e. The Morgan fingerprint density at radius 2 is 2.24 bits per heavy atom. The molecule has 0 saturated carbocycles. The first-order chi connectivity index (χ1) is 8.20. The highest BCUT2D eigenvalue weighted by Crippen LogP contribution is 2.20. The van der Waals surface area contributed by atoms with E-state index in [0.717, 1.165) is 18.1 Å². The predicted octanol–water partition coefficient (Wildman–Crippen LogP) is 2.71. The SMILES string of the molecule is Cc1cc(CN2CCCCCC2CCl)n(C)n1. The molecule has 0 aromatic carbocycles. The predicted molar refractivity (Wildman–Crippen MR) is 71.3 cm³/mol. The summed E-state index contributed by atoms with van der Waals surface area (Å²) in [6, 6.07) is 2.71. The second-order valence-electron chi connectivity index (χ2n) is 5.03. The van der Waals surface area contributed by atoms with Crippen molar-refractivity contribution >= 4 is 11.6 Å². The first-order valence-electron chi connectivity index (χ1n) is 6.50. The molecule has 4 heteroatoms. The van der Waals surface area contributed by atoms with E-state index < -0.39 is 0 Å². The van der Waals surface area contributed by atoms with Crippen LogP contribution in [0.2, 0.25) is 0 Å². The van der Waals surface area contributed by atoms with Gasteiger partial charge in [0.25, 0.3) is 0 Å². The molecule has 0 N–H and O–H groups in total. The van der Waals surface area contributed by atoms with Gasteiger partial charge in [-0.2, -0.15) is 5.10 Å². The van der Waals surface area contributed by atoms with Gasteiger partial charge in [-0.25, -0.2) is 0 Å². The molecule has 3 nitrogen and oxygen atoms in total. The van der Waals surface area contributed by atoms with Crippen LogP contribution < -0.4 is 0 Å². The minimum atomic E-state index is 0.536. The van der Waals surface area contributed by atoms with Crippen LogP contribution in [0, 0.1) is 6.92 Å².